The fourth-order valence-electron chi connectivity index (χ4n) is 2.23. The van der Waals surface area contributed by atoms with Gasteiger partial charge in [-0.2, -0.15) is 10.5 Å². The third-order valence-electron chi connectivity index (χ3n) is 2.98. The number of hydrogen-bond donors (Lipinski definition) is 0. The van der Waals surface area contributed by atoms with Crippen molar-refractivity contribution >= 4 is 11.0 Å². The standard InChI is InChI=1S/C15H14N2O/c1-9(2)4-12-8-18-15-11(6-16)5-10(3)13(7-17)14(12)15/h5,8-9H,4H2,1-3H3. The fourth-order valence-corrected chi connectivity index (χ4v) is 2.23. The molecule has 1 aromatic heterocycles. The van der Waals surface area contributed by atoms with Gasteiger partial charge in [0.15, 0.2) is 5.58 Å². The summed E-state index contributed by atoms with van der Waals surface area (Å²) in [6.07, 6.45) is 2.52. The first kappa shape index (κ1) is 12.2. The van der Waals surface area contributed by atoms with E-state index in [0.29, 0.717) is 22.6 Å². The molecule has 18 heavy (non-hydrogen) atoms. The maximum absolute atomic E-state index is 9.28. The molecule has 3 heteroatoms. The number of nitriles is 2. The average molecular weight is 238 g/mol. The highest BCUT2D eigenvalue weighted by Gasteiger charge is 2.17. The summed E-state index contributed by atoms with van der Waals surface area (Å²) in [7, 11) is 0. The Morgan fingerprint density at radius 3 is 2.56 bits per heavy atom. The van der Waals surface area contributed by atoms with Gasteiger partial charge in [0.05, 0.1) is 17.4 Å². The van der Waals surface area contributed by atoms with Crippen molar-refractivity contribution in [1.82, 2.24) is 0 Å². The predicted molar refractivity (Wildman–Crippen MR) is 68.9 cm³/mol. The number of rotatable bonds is 2. The van der Waals surface area contributed by atoms with Crippen LogP contribution in [-0.2, 0) is 6.42 Å². The number of benzene rings is 1. The van der Waals surface area contributed by atoms with Crippen molar-refractivity contribution in [3.05, 3.63) is 34.6 Å². The van der Waals surface area contributed by atoms with Crippen molar-refractivity contribution in [2.24, 2.45) is 5.92 Å². The molecule has 0 aliphatic carbocycles. The molecule has 2 rings (SSSR count). The maximum atomic E-state index is 9.28. The van der Waals surface area contributed by atoms with Crippen LogP contribution in [0.2, 0.25) is 0 Å². The second-order valence-corrected chi connectivity index (χ2v) is 4.90. The largest absolute Gasteiger partial charge is 0.463 e. The van der Waals surface area contributed by atoms with Crippen LogP contribution in [0.15, 0.2) is 16.7 Å². The fraction of sp³-hybridized carbons (Fsp3) is 0.333. The van der Waals surface area contributed by atoms with E-state index in [4.69, 9.17) is 9.68 Å². The monoisotopic (exact) mass is 238 g/mol. The van der Waals surface area contributed by atoms with Crippen molar-refractivity contribution in [3.8, 4) is 12.1 Å². The molecule has 0 unspecified atom stereocenters. The molecule has 3 nitrogen and oxygen atoms in total. The van der Waals surface area contributed by atoms with Gasteiger partial charge in [-0.25, -0.2) is 0 Å². The van der Waals surface area contributed by atoms with Crippen molar-refractivity contribution in [2.45, 2.75) is 27.2 Å². The van der Waals surface area contributed by atoms with E-state index < -0.39 is 0 Å². The third-order valence-corrected chi connectivity index (χ3v) is 2.98. The first-order valence-corrected chi connectivity index (χ1v) is 5.92. The van der Waals surface area contributed by atoms with Gasteiger partial charge in [0.1, 0.15) is 12.1 Å². The molecule has 0 fully saturated rings. The van der Waals surface area contributed by atoms with E-state index >= 15 is 0 Å². The van der Waals surface area contributed by atoms with Crippen LogP contribution in [0.5, 0.6) is 0 Å². The summed E-state index contributed by atoms with van der Waals surface area (Å²) >= 11 is 0. The van der Waals surface area contributed by atoms with Gasteiger partial charge in [0, 0.05) is 5.39 Å². The van der Waals surface area contributed by atoms with Gasteiger partial charge in [0.25, 0.3) is 0 Å². The SMILES string of the molecule is Cc1cc(C#N)c2occ(CC(C)C)c2c1C#N. The minimum atomic E-state index is 0.475. The summed E-state index contributed by atoms with van der Waals surface area (Å²) in [6, 6.07) is 6.06. The molecular weight excluding hydrogens is 224 g/mol. The van der Waals surface area contributed by atoms with Crippen LogP contribution in [0.4, 0.5) is 0 Å². The lowest BCUT2D eigenvalue weighted by Crippen LogP contribution is -1.95. The van der Waals surface area contributed by atoms with Crippen LogP contribution in [0.3, 0.4) is 0 Å². The van der Waals surface area contributed by atoms with Crippen molar-refractivity contribution in [1.29, 1.82) is 10.5 Å². The molecule has 1 aromatic carbocycles. The van der Waals surface area contributed by atoms with Gasteiger partial charge in [-0.1, -0.05) is 13.8 Å². The Bertz CT molecular complexity index is 681. The van der Waals surface area contributed by atoms with Crippen LogP contribution in [-0.4, -0.2) is 0 Å². The number of nitrogens with zero attached hydrogens (tertiary/aromatic N) is 2. The maximum Gasteiger partial charge on any atom is 0.153 e. The molecule has 0 aliphatic heterocycles. The highest BCUT2D eigenvalue weighted by atomic mass is 16.3. The van der Waals surface area contributed by atoms with Crippen molar-refractivity contribution in [3.63, 3.8) is 0 Å². The van der Waals surface area contributed by atoms with E-state index in [1.165, 1.54) is 0 Å². The van der Waals surface area contributed by atoms with Gasteiger partial charge in [-0.15, -0.1) is 0 Å². The van der Waals surface area contributed by atoms with Crippen LogP contribution in [0.25, 0.3) is 11.0 Å². The lowest BCUT2D eigenvalue weighted by molar-refractivity contribution is 0.593. The summed E-state index contributed by atoms with van der Waals surface area (Å²) in [5.74, 6) is 0.475. The van der Waals surface area contributed by atoms with Gasteiger partial charge < -0.3 is 4.42 Å². The summed E-state index contributed by atoms with van der Waals surface area (Å²) in [6.45, 7) is 6.09. The molecule has 90 valence electrons. The van der Waals surface area contributed by atoms with Gasteiger partial charge in [-0.3, -0.25) is 0 Å². The first-order valence-electron chi connectivity index (χ1n) is 5.92. The average Bonchev–Trinajstić information content (AvgIpc) is 2.71. The molecule has 0 atom stereocenters. The molecule has 0 spiro atoms. The number of fused-ring (bicyclic) bond motifs is 1. The highest BCUT2D eigenvalue weighted by molar-refractivity contribution is 5.92. The van der Waals surface area contributed by atoms with Crippen LogP contribution in [0.1, 0.15) is 36.1 Å². The molecular formula is C15H14N2O. The van der Waals surface area contributed by atoms with Gasteiger partial charge >= 0.3 is 0 Å². The summed E-state index contributed by atoms with van der Waals surface area (Å²) in [4.78, 5) is 0. The molecule has 0 radical (unpaired) electrons. The minimum absolute atomic E-state index is 0.475. The lowest BCUT2D eigenvalue weighted by Gasteiger charge is -2.05. The molecule has 2 aromatic rings. The Morgan fingerprint density at radius 1 is 1.28 bits per heavy atom. The second kappa shape index (κ2) is 4.55. The summed E-state index contributed by atoms with van der Waals surface area (Å²) in [5, 5.41) is 19.2. The molecule has 0 bridgehead atoms. The predicted octanol–water partition coefficient (Wildman–Crippen LogP) is 3.68. The van der Waals surface area contributed by atoms with E-state index in [1.54, 1.807) is 12.3 Å². The zero-order chi connectivity index (χ0) is 13.3. The van der Waals surface area contributed by atoms with Gasteiger partial charge in [-0.05, 0) is 36.5 Å². The van der Waals surface area contributed by atoms with Crippen LogP contribution >= 0.6 is 0 Å². The van der Waals surface area contributed by atoms with Crippen molar-refractivity contribution < 1.29 is 4.42 Å². The first-order chi connectivity index (χ1) is 8.58. The molecule has 0 N–H and O–H groups in total. The van der Waals surface area contributed by atoms with E-state index in [-0.39, 0.29) is 0 Å². The van der Waals surface area contributed by atoms with E-state index in [9.17, 15) is 5.26 Å². The smallest absolute Gasteiger partial charge is 0.153 e. The topological polar surface area (TPSA) is 60.7 Å². The normalized spacial score (nSPS) is 10.6. The van der Waals surface area contributed by atoms with Crippen LogP contribution in [0, 0.1) is 35.5 Å². The second-order valence-electron chi connectivity index (χ2n) is 4.90. The summed E-state index contributed by atoms with van der Waals surface area (Å²) in [5.41, 5.74) is 3.49. The molecule has 1 heterocycles. The van der Waals surface area contributed by atoms with Crippen LogP contribution < -0.4 is 0 Å². The molecule has 0 amide bonds. The van der Waals surface area contributed by atoms with Gasteiger partial charge in [0.2, 0.25) is 0 Å². The Kier molecular flexibility index (Phi) is 3.08. The Balaban J connectivity index is 2.82. The molecule has 0 saturated heterocycles. The Morgan fingerprint density at radius 2 is 2.00 bits per heavy atom. The summed E-state index contributed by atoms with van der Waals surface area (Å²) < 4.78 is 5.50. The number of hydrogen-bond acceptors (Lipinski definition) is 3. The number of aryl methyl sites for hydroxylation is 1. The zero-order valence-corrected chi connectivity index (χ0v) is 10.7. The lowest BCUT2D eigenvalue weighted by atomic mass is 9.95. The quantitative estimate of drug-likeness (QED) is 0.801. The Hall–Kier alpha value is -2.26. The third kappa shape index (κ3) is 1.85. The van der Waals surface area contributed by atoms with E-state index in [1.807, 2.05) is 6.92 Å². The molecule has 0 saturated carbocycles. The number of furan rings is 1. The zero-order valence-electron chi connectivity index (χ0n) is 10.7. The minimum Gasteiger partial charge on any atom is -0.463 e. The van der Waals surface area contributed by atoms with Crippen molar-refractivity contribution in [2.75, 3.05) is 0 Å². The Labute approximate surface area is 106 Å². The van der Waals surface area contributed by atoms with E-state index in [2.05, 4.69) is 26.0 Å². The van der Waals surface area contributed by atoms with E-state index in [0.717, 1.165) is 22.9 Å². The highest BCUT2D eigenvalue weighted by Crippen LogP contribution is 2.31. The molecule has 0 aliphatic rings.